The van der Waals surface area contributed by atoms with Gasteiger partial charge in [0.25, 0.3) is 0 Å². The van der Waals surface area contributed by atoms with E-state index in [1.54, 1.807) is 0 Å². The van der Waals surface area contributed by atoms with Gasteiger partial charge < -0.3 is 4.42 Å². The normalized spacial score (nSPS) is 11.5. The Morgan fingerprint density at radius 3 is 1.53 bits per heavy atom. The lowest BCUT2D eigenvalue weighted by atomic mass is 9.92. The molecule has 2 aromatic heterocycles. The maximum Gasteiger partial charge on any atom is 0.164 e. The SMILES string of the molecule is c1ccc(-c2ccc(-c3cccc4oc5c6ccccc6c(-c6ccc(-c7nc(-c8ccccc8)nc(-c8ccc9ccccc9c8)n7)cc6)cc5c34)cc2)cc1. The molecule has 0 bridgehead atoms. The zero-order valence-electron chi connectivity index (χ0n) is 30.8. The second-order valence-corrected chi connectivity index (χ2v) is 14.4. The van der Waals surface area contributed by atoms with Crippen molar-refractivity contribution in [3.8, 4) is 67.5 Å². The number of rotatable bonds is 6. The van der Waals surface area contributed by atoms with Crippen LogP contribution in [0.4, 0.5) is 0 Å². The first-order chi connectivity index (χ1) is 28.2. The van der Waals surface area contributed by atoms with Gasteiger partial charge in [-0.2, -0.15) is 0 Å². The van der Waals surface area contributed by atoms with Gasteiger partial charge in [0.05, 0.1) is 0 Å². The maximum atomic E-state index is 6.69. The Kier molecular flexibility index (Phi) is 7.78. The summed E-state index contributed by atoms with van der Waals surface area (Å²) in [5.74, 6) is 1.91. The summed E-state index contributed by atoms with van der Waals surface area (Å²) in [7, 11) is 0. The molecule has 0 fully saturated rings. The maximum absolute atomic E-state index is 6.69. The predicted octanol–water partition coefficient (Wildman–Crippen LogP) is 14.1. The average molecular weight is 728 g/mol. The van der Waals surface area contributed by atoms with Crippen molar-refractivity contribution >= 4 is 43.5 Å². The average Bonchev–Trinajstić information content (AvgIpc) is 3.68. The van der Waals surface area contributed by atoms with E-state index in [9.17, 15) is 0 Å². The zero-order chi connectivity index (χ0) is 37.7. The van der Waals surface area contributed by atoms with Gasteiger partial charge in [0.2, 0.25) is 0 Å². The molecule has 0 aliphatic heterocycles. The second-order valence-electron chi connectivity index (χ2n) is 14.4. The van der Waals surface area contributed by atoms with E-state index >= 15 is 0 Å². The Labute approximate surface area is 329 Å². The van der Waals surface area contributed by atoms with Gasteiger partial charge in [0.1, 0.15) is 11.2 Å². The van der Waals surface area contributed by atoms with E-state index in [1.807, 2.05) is 30.3 Å². The number of hydrogen-bond acceptors (Lipinski definition) is 4. The van der Waals surface area contributed by atoms with Crippen molar-refractivity contribution in [1.82, 2.24) is 15.0 Å². The zero-order valence-corrected chi connectivity index (χ0v) is 30.8. The van der Waals surface area contributed by atoms with Crippen molar-refractivity contribution in [2.75, 3.05) is 0 Å². The van der Waals surface area contributed by atoms with Gasteiger partial charge in [0, 0.05) is 32.8 Å². The Hall–Kier alpha value is -7.69. The van der Waals surface area contributed by atoms with Gasteiger partial charge in [0.15, 0.2) is 17.5 Å². The van der Waals surface area contributed by atoms with Crippen molar-refractivity contribution in [2.24, 2.45) is 0 Å². The minimum absolute atomic E-state index is 0.627. The Balaban J connectivity index is 1.03. The van der Waals surface area contributed by atoms with Crippen LogP contribution in [0.25, 0.3) is 111 Å². The van der Waals surface area contributed by atoms with Crippen LogP contribution in [0.3, 0.4) is 0 Å². The van der Waals surface area contributed by atoms with Crippen LogP contribution in [0.15, 0.2) is 205 Å². The van der Waals surface area contributed by atoms with Gasteiger partial charge >= 0.3 is 0 Å². The highest BCUT2D eigenvalue weighted by Gasteiger charge is 2.19. The van der Waals surface area contributed by atoms with Gasteiger partial charge in [-0.3, -0.25) is 0 Å². The van der Waals surface area contributed by atoms with E-state index in [4.69, 9.17) is 19.4 Å². The molecule has 0 saturated carbocycles. The van der Waals surface area contributed by atoms with Crippen LogP contribution in [0.5, 0.6) is 0 Å². The second kappa shape index (κ2) is 13.6. The van der Waals surface area contributed by atoms with Gasteiger partial charge in [-0.1, -0.05) is 182 Å². The van der Waals surface area contributed by atoms with E-state index in [0.29, 0.717) is 17.5 Å². The number of hydrogen-bond donors (Lipinski definition) is 0. The first-order valence-electron chi connectivity index (χ1n) is 19.2. The summed E-state index contributed by atoms with van der Waals surface area (Å²) < 4.78 is 6.69. The number of aromatic nitrogens is 3. The van der Waals surface area contributed by atoms with Crippen LogP contribution >= 0.6 is 0 Å². The molecule has 0 N–H and O–H groups in total. The highest BCUT2D eigenvalue weighted by molar-refractivity contribution is 6.22. The number of furan rings is 1. The van der Waals surface area contributed by atoms with Crippen LogP contribution in [0.2, 0.25) is 0 Å². The molecular formula is C53H33N3O. The molecule has 0 radical (unpaired) electrons. The van der Waals surface area contributed by atoms with Crippen molar-refractivity contribution in [2.45, 2.75) is 0 Å². The molecule has 4 nitrogen and oxygen atoms in total. The number of benzene rings is 9. The Morgan fingerprint density at radius 1 is 0.298 bits per heavy atom. The Morgan fingerprint density at radius 2 is 0.807 bits per heavy atom. The molecule has 9 aromatic carbocycles. The Bertz CT molecular complexity index is 3260. The van der Waals surface area contributed by atoms with Crippen molar-refractivity contribution in [1.29, 1.82) is 0 Å². The minimum atomic E-state index is 0.627. The topological polar surface area (TPSA) is 51.8 Å². The van der Waals surface area contributed by atoms with E-state index in [0.717, 1.165) is 77.0 Å². The largest absolute Gasteiger partial charge is 0.455 e. The van der Waals surface area contributed by atoms with Crippen molar-refractivity contribution in [3.63, 3.8) is 0 Å². The fraction of sp³-hybridized carbons (Fsp3) is 0. The molecule has 11 aromatic rings. The lowest BCUT2D eigenvalue weighted by Gasteiger charge is -2.11. The van der Waals surface area contributed by atoms with Crippen LogP contribution in [-0.4, -0.2) is 15.0 Å². The molecule has 0 saturated heterocycles. The molecule has 0 aliphatic rings. The molecule has 0 spiro atoms. The highest BCUT2D eigenvalue weighted by Crippen LogP contribution is 2.43. The minimum Gasteiger partial charge on any atom is -0.455 e. The molecule has 0 aliphatic carbocycles. The summed E-state index contributed by atoms with van der Waals surface area (Å²) in [6, 6.07) is 69.9. The van der Waals surface area contributed by atoms with E-state index in [-0.39, 0.29) is 0 Å². The molecule has 0 atom stereocenters. The van der Waals surface area contributed by atoms with Gasteiger partial charge in [-0.15, -0.1) is 0 Å². The predicted molar refractivity (Wildman–Crippen MR) is 235 cm³/mol. The highest BCUT2D eigenvalue weighted by atomic mass is 16.3. The van der Waals surface area contributed by atoms with Crippen LogP contribution in [-0.2, 0) is 0 Å². The van der Waals surface area contributed by atoms with E-state index in [1.165, 1.54) is 16.5 Å². The summed E-state index contributed by atoms with van der Waals surface area (Å²) in [5, 5.41) is 6.75. The lowest BCUT2D eigenvalue weighted by molar-refractivity contribution is 0.673. The first-order valence-corrected chi connectivity index (χ1v) is 19.2. The summed E-state index contributed by atoms with van der Waals surface area (Å²) in [5.41, 5.74) is 11.5. The third-order valence-corrected chi connectivity index (χ3v) is 10.9. The van der Waals surface area contributed by atoms with Gasteiger partial charge in [-0.05, 0) is 67.7 Å². The molecule has 11 rings (SSSR count). The fourth-order valence-corrected chi connectivity index (χ4v) is 8.08. The molecule has 4 heteroatoms. The van der Waals surface area contributed by atoms with Crippen LogP contribution in [0.1, 0.15) is 0 Å². The monoisotopic (exact) mass is 727 g/mol. The first kappa shape index (κ1) is 32.7. The van der Waals surface area contributed by atoms with E-state index in [2.05, 4.69) is 170 Å². The molecular weight excluding hydrogens is 695 g/mol. The summed E-state index contributed by atoms with van der Waals surface area (Å²) in [6.45, 7) is 0. The lowest BCUT2D eigenvalue weighted by Crippen LogP contribution is -2.00. The molecule has 57 heavy (non-hydrogen) atoms. The molecule has 266 valence electrons. The number of nitrogens with zero attached hydrogens (tertiary/aromatic N) is 3. The van der Waals surface area contributed by atoms with Crippen LogP contribution in [0, 0.1) is 0 Å². The summed E-state index contributed by atoms with van der Waals surface area (Å²) in [6.07, 6.45) is 0. The fourth-order valence-electron chi connectivity index (χ4n) is 8.08. The molecule has 0 unspecified atom stereocenters. The third-order valence-electron chi connectivity index (χ3n) is 10.9. The third kappa shape index (κ3) is 5.83. The smallest absolute Gasteiger partial charge is 0.164 e. The number of fused-ring (bicyclic) bond motifs is 6. The molecule has 2 heterocycles. The van der Waals surface area contributed by atoms with Crippen molar-refractivity contribution < 1.29 is 4.42 Å². The quantitative estimate of drug-likeness (QED) is 0.171. The van der Waals surface area contributed by atoms with Crippen molar-refractivity contribution in [3.05, 3.63) is 200 Å². The van der Waals surface area contributed by atoms with Gasteiger partial charge in [-0.25, -0.2) is 15.0 Å². The summed E-state index contributed by atoms with van der Waals surface area (Å²) >= 11 is 0. The molecule has 0 amide bonds. The summed E-state index contributed by atoms with van der Waals surface area (Å²) in [4.78, 5) is 15.0. The van der Waals surface area contributed by atoms with E-state index < -0.39 is 0 Å². The standard InChI is InChI=1S/C53H33N3O/c1-3-12-34(13-4-1)36-22-25-37(26-23-36)43-20-11-21-48-49(43)47-33-46(44-18-9-10-19-45(44)50(47)57-48)38-27-29-40(30-28-38)52-54-51(39-15-5-2-6-16-39)55-53(56-52)42-31-24-35-14-7-8-17-41(35)32-42/h1-33H. The van der Waals surface area contributed by atoms with Crippen LogP contribution < -0.4 is 0 Å².